The summed E-state index contributed by atoms with van der Waals surface area (Å²) < 4.78 is 37.4. The molecular weight excluding hydrogens is 269 g/mol. The van der Waals surface area contributed by atoms with Gasteiger partial charge in [0.15, 0.2) is 0 Å². The third-order valence-corrected chi connectivity index (χ3v) is 2.66. The van der Waals surface area contributed by atoms with Crippen LogP contribution in [0.5, 0.6) is 0 Å². The van der Waals surface area contributed by atoms with Crippen LogP contribution in [0.3, 0.4) is 0 Å². The van der Waals surface area contributed by atoms with Gasteiger partial charge in [-0.3, -0.25) is 4.79 Å². The van der Waals surface area contributed by atoms with E-state index in [1.807, 2.05) is 6.92 Å². The fraction of sp³-hybridized carbons (Fsp3) is 0.500. The van der Waals surface area contributed by atoms with E-state index in [9.17, 15) is 18.0 Å². The number of nitrogens with zero attached hydrogens (tertiary/aromatic N) is 1. The van der Waals surface area contributed by atoms with Crippen molar-refractivity contribution in [2.45, 2.75) is 26.4 Å². The Balaban J connectivity index is 2.83. The van der Waals surface area contributed by atoms with Crippen molar-refractivity contribution in [2.75, 3.05) is 25.0 Å². The summed E-state index contributed by atoms with van der Waals surface area (Å²) in [5, 5.41) is 3.06. The van der Waals surface area contributed by atoms with E-state index in [0.717, 1.165) is 17.1 Å². The molecular formula is C14H19F3N2O. The van der Waals surface area contributed by atoms with E-state index in [1.165, 1.54) is 0 Å². The number of halogens is 3. The molecule has 0 bridgehead atoms. The van der Waals surface area contributed by atoms with E-state index in [1.54, 1.807) is 31.2 Å². The van der Waals surface area contributed by atoms with Crippen molar-refractivity contribution >= 4 is 11.6 Å². The number of hydrogen-bond acceptors (Lipinski definition) is 2. The smallest absolute Gasteiger partial charge is 0.385 e. The molecule has 0 atom stereocenters. The van der Waals surface area contributed by atoms with Crippen molar-refractivity contribution in [2.24, 2.45) is 0 Å². The molecule has 1 aromatic carbocycles. The van der Waals surface area contributed by atoms with E-state index >= 15 is 0 Å². The number of rotatable bonds is 6. The number of carbonyl (C=O) groups is 1. The van der Waals surface area contributed by atoms with E-state index in [4.69, 9.17) is 0 Å². The fourth-order valence-electron chi connectivity index (χ4n) is 1.86. The molecule has 0 unspecified atom stereocenters. The van der Waals surface area contributed by atoms with Crippen LogP contribution >= 0.6 is 0 Å². The predicted octanol–water partition coefficient (Wildman–Crippen LogP) is 3.53. The number of hydrogen-bond donors (Lipinski definition) is 1. The Hall–Kier alpha value is -1.72. The number of nitrogens with one attached hydrogen (secondary N) is 1. The molecule has 0 aliphatic rings. The van der Waals surface area contributed by atoms with Crippen molar-refractivity contribution in [1.29, 1.82) is 0 Å². The second kappa shape index (κ2) is 7.17. The third kappa shape index (κ3) is 5.11. The SMILES string of the molecule is CCCN(CC(F)(F)F)C(=O)c1ccc(NCC)cc1. The Labute approximate surface area is 116 Å². The van der Waals surface area contributed by atoms with Gasteiger partial charge in [-0.25, -0.2) is 0 Å². The normalized spacial score (nSPS) is 11.2. The van der Waals surface area contributed by atoms with Gasteiger partial charge >= 0.3 is 6.18 Å². The van der Waals surface area contributed by atoms with Gasteiger partial charge in [0.05, 0.1) is 0 Å². The minimum atomic E-state index is -4.38. The van der Waals surface area contributed by atoms with E-state index in [2.05, 4.69) is 5.32 Å². The lowest BCUT2D eigenvalue weighted by atomic mass is 10.1. The monoisotopic (exact) mass is 288 g/mol. The summed E-state index contributed by atoms with van der Waals surface area (Å²) in [4.78, 5) is 12.9. The number of carbonyl (C=O) groups excluding carboxylic acids is 1. The molecule has 0 spiro atoms. The molecule has 1 aromatic rings. The zero-order chi connectivity index (χ0) is 15.2. The van der Waals surface area contributed by atoms with E-state index < -0.39 is 18.6 Å². The lowest BCUT2D eigenvalue weighted by Crippen LogP contribution is -2.39. The van der Waals surface area contributed by atoms with Gasteiger partial charge in [-0.05, 0) is 37.6 Å². The predicted molar refractivity (Wildman–Crippen MR) is 72.9 cm³/mol. The number of anilines is 1. The van der Waals surface area contributed by atoms with Gasteiger partial charge in [0.2, 0.25) is 0 Å². The highest BCUT2D eigenvalue weighted by Gasteiger charge is 2.32. The Morgan fingerprint density at radius 1 is 1.20 bits per heavy atom. The highest BCUT2D eigenvalue weighted by molar-refractivity contribution is 5.94. The topological polar surface area (TPSA) is 32.3 Å². The summed E-state index contributed by atoms with van der Waals surface area (Å²) >= 11 is 0. The molecule has 0 saturated heterocycles. The molecule has 112 valence electrons. The van der Waals surface area contributed by atoms with Gasteiger partial charge in [-0.15, -0.1) is 0 Å². The van der Waals surface area contributed by atoms with Crippen LogP contribution < -0.4 is 5.32 Å². The van der Waals surface area contributed by atoms with E-state index in [0.29, 0.717) is 6.42 Å². The van der Waals surface area contributed by atoms with Crippen molar-refractivity contribution in [3.8, 4) is 0 Å². The van der Waals surface area contributed by atoms with Crippen LogP contribution in [0.2, 0.25) is 0 Å². The van der Waals surface area contributed by atoms with Crippen LogP contribution in [0.4, 0.5) is 18.9 Å². The molecule has 20 heavy (non-hydrogen) atoms. The summed E-state index contributed by atoms with van der Waals surface area (Å²) in [6, 6.07) is 6.46. The van der Waals surface area contributed by atoms with Crippen LogP contribution in [0.25, 0.3) is 0 Å². The summed E-state index contributed by atoms with van der Waals surface area (Å²) in [6.07, 6.45) is -3.90. The number of alkyl halides is 3. The number of amides is 1. The van der Waals surface area contributed by atoms with Gasteiger partial charge in [0, 0.05) is 24.3 Å². The molecule has 3 nitrogen and oxygen atoms in total. The van der Waals surface area contributed by atoms with Crippen molar-refractivity contribution in [3.05, 3.63) is 29.8 Å². The lowest BCUT2D eigenvalue weighted by molar-refractivity contribution is -0.140. The first-order valence-electron chi connectivity index (χ1n) is 6.57. The van der Waals surface area contributed by atoms with Gasteiger partial charge < -0.3 is 10.2 Å². The molecule has 0 aromatic heterocycles. The first kappa shape index (κ1) is 16.3. The van der Waals surface area contributed by atoms with Crippen LogP contribution in [-0.4, -0.2) is 36.6 Å². The van der Waals surface area contributed by atoms with Crippen molar-refractivity contribution in [1.82, 2.24) is 4.90 Å². The first-order valence-corrected chi connectivity index (χ1v) is 6.57. The second-order valence-electron chi connectivity index (χ2n) is 4.45. The molecule has 1 N–H and O–H groups in total. The van der Waals surface area contributed by atoms with Crippen molar-refractivity contribution in [3.63, 3.8) is 0 Å². The molecule has 0 fully saturated rings. The molecule has 6 heteroatoms. The Morgan fingerprint density at radius 2 is 1.80 bits per heavy atom. The lowest BCUT2D eigenvalue weighted by Gasteiger charge is -2.23. The van der Waals surface area contributed by atoms with Gasteiger partial charge in [-0.2, -0.15) is 13.2 Å². The summed E-state index contributed by atoms with van der Waals surface area (Å²) in [5.74, 6) is -0.591. The first-order chi connectivity index (χ1) is 9.37. The quantitative estimate of drug-likeness (QED) is 0.868. The summed E-state index contributed by atoms with van der Waals surface area (Å²) in [6.45, 7) is 3.29. The maximum atomic E-state index is 12.5. The molecule has 0 saturated carbocycles. The molecule has 0 aliphatic heterocycles. The van der Waals surface area contributed by atoms with Crippen LogP contribution in [0.1, 0.15) is 30.6 Å². The van der Waals surface area contributed by atoms with Gasteiger partial charge in [0.25, 0.3) is 5.91 Å². The Morgan fingerprint density at radius 3 is 2.25 bits per heavy atom. The Kier molecular flexibility index (Phi) is 5.85. The average Bonchev–Trinajstić information content (AvgIpc) is 2.37. The van der Waals surface area contributed by atoms with Crippen LogP contribution in [0.15, 0.2) is 24.3 Å². The maximum Gasteiger partial charge on any atom is 0.406 e. The number of benzene rings is 1. The molecule has 0 radical (unpaired) electrons. The summed E-state index contributed by atoms with van der Waals surface area (Å²) in [7, 11) is 0. The highest BCUT2D eigenvalue weighted by Crippen LogP contribution is 2.19. The standard InChI is InChI=1S/C14H19F3N2O/c1-3-9-19(10-14(15,16)17)13(20)11-5-7-12(8-6-11)18-4-2/h5-8,18H,3-4,9-10H2,1-2H3. The van der Waals surface area contributed by atoms with Gasteiger partial charge in [-0.1, -0.05) is 6.92 Å². The van der Waals surface area contributed by atoms with Crippen LogP contribution in [-0.2, 0) is 0 Å². The van der Waals surface area contributed by atoms with E-state index in [-0.39, 0.29) is 12.1 Å². The maximum absolute atomic E-state index is 12.5. The average molecular weight is 288 g/mol. The van der Waals surface area contributed by atoms with Gasteiger partial charge in [0.1, 0.15) is 6.54 Å². The van der Waals surface area contributed by atoms with Crippen LogP contribution in [0, 0.1) is 0 Å². The summed E-state index contributed by atoms with van der Waals surface area (Å²) in [5.41, 5.74) is 1.10. The zero-order valence-corrected chi connectivity index (χ0v) is 11.6. The largest absolute Gasteiger partial charge is 0.406 e. The minimum absolute atomic E-state index is 0.0906. The van der Waals surface area contributed by atoms with Crippen molar-refractivity contribution < 1.29 is 18.0 Å². The molecule has 1 amide bonds. The third-order valence-electron chi connectivity index (χ3n) is 2.66. The Bertz CT molecular complexity index is 429. The fourth-order valence-corrected chi connectivity index (χ4v) is 1.86. The second-order valence-corrected chi connectivity index (χ2v) is 4.45. The molecule has 1 rings (SSSR count). The molecule has 0 aliphatic carbocycles. The zero-order valence-electron chi connectivity index (χ0n) is 11.6. The minimum Gasteiger partial charge on any atom is -0.385 e. The highest BCUT2D eigenvalue weighted by atomic mass is 19.4. The molecule has 0 heterocycles.